The SMILES string of the molecule is Cn1nnc2c1C(COCC1CC1)CN(Cc1ccsc1)C2.O=C(O)C(F)(F)F. The minimum atomic E-state index is -5.08. The van der Waals surface area contributed by atoms with Crippen LogP contribution < -0.4 is 0 Å². The van der Waals surface area contributed by atoms with Crippen molar-refractivity contribution in [2.45, 2.75) is 38.0 Å². The summed E-state index contributed by atoms with van der Waals surface area (Å²) in [5, 5.41) is 20.1. The van der Waals surface area contributed by atoms with Crippen LogP contribution in [0.15, 0.2) is 16.8 Å². The van der Waals surface area contributed by atoms with Gasteiger partial charge in [0.15, 0.2) is 0 Å². The summed E-state index contributed by atoms with van der Waals surface area (Å²) in [6.45, 7) is 4.60. The normalized spacial score (nSPS) is 19.4. The Hall–Kier alpha value is -1.98. The standard InChI is InChI=1S/C16H22N4OS.C2HF3O2/c1-19-16-14(10-21-9-12-2-3-12)7-20(8-15(16)17-18-19)6-13-4-5-22-11-13;3-2(4,5)1(6)7/h4-5,11-12,14H,2-3,6-10H2,1H3;(H,6,7). The number of rotatable bonds is 6. The van der Waals surface area contributed by atoms with Crippen molar-refractivity contribution in [3.63, 3.8) is 0 Å². The molecular formula is C18H23F3N4O3S. The Bertz CT molecular complexity index is 806. The van der Waals surface area contributed by atoms with E-state index in [4.69, 9.17) is 14.6 Å². The molecule has 1 unspecified atom stereocenters. The predicted octanol–water partition coefficient (Wildman–Crippen LogP) is 3.04. The number of fused-ring (bicyclic) bond motifs is 1. The number of carboxylic acid groups (broad SMARTS) is 1. The average Bonchev–Trinajstić information content (AvgIpc) is 3.18. The molecule has 2 aromatic heterocycles. The Morgan fingerprint density at radius 3 is 2.69 bits per heavy atom. The lowest BCUT2D eigenvalue weighted by Crippen LogP contribution is -2.36. The van der Waals surface area contributed by atoms with Gasteiger partial charge in [0.2, 0.25) is 0 Å². The van der Waals surface area contributed by atoms with Gasteiger partial charge in [0.1, 0.15) is 5.69 Å². The maximum Gasteiger partial charge on any atom is 0.490 e. The molecule has 1 aliphatic carbocycles. The maximum absolute atomic E-state index is 10.6. The van der Waals surface area contributed by atoms with Gasteiger partial charge in [-0.25, -0.2) is 4.79 Å². The average molecular weight is 432 g/mol. The fourth-order valence-corrected chi connectivity index (χ4v) is 3.91. The largest absolute Gasteiger partial charge is 0.490 e. The van der Waals surface area contributed by atoms with Gasteiger partial charge in [-0.3, -0.25) is 9.58 Å². The zero-order chi connectivity index (χ0) is 21.0. The minimum Gasteiger partial charge on any atom is -0.475 e. The molecule has 1 N–H and O–H groups in total. The number of nitrogens with zero attached hydrogens (tertiary/aromatic N) is 4. The molecule has 160 valence electrons. The lowest BCUT2D eigenvalue weighted by Gasteiger charge is -2.32. The molecule has 0 amide bonds. The number of carbonyl (C=O) groups is 1. The predicted molar refractivity (Wildman–Crippen MR) is 99.4 cm³/mol. The molecule has 2 aromatic rings. The van der Waals surface area contributed by atoms with E-state index in [2.05, 4.69) is 32.0 Å². The van der Waals surface area contributed by atoms with Gasteiger partial charge in [-0.15, -0.1) is 5.10 Å². The third-order valence-electron chi connectivity index (χ3n) is 4.78. The molecule has 1 aliphatic heterocycles. The van der Waals surface area contributed by atoms with E-state index < -0.39 is 12.1 Å². The quantitative estimate of drug-likeness (QED) is 0.756. The molecule has 0 aromatic carbocycles. The lowest BCUT2D eigenvalue weighted by atomic mass is 9.98. The number of aromatic nitrogens is 3. The van der Waals surface area contributed by atoms with Crippen LogP contribution in [-0.2, 0) is 29.7 Å². The van der Waals surface area contributed by atoms with Crippen LogP contribution in [0.5, 0.6) is 0 Å². The van der Waals surface area contributed by atoms with Gasteiger partial charge in [-0.05, 0) is 41.1 Å². The Morgan fingerprint density at radius 1 is 1.38 bits per heavy atom. The van der Waals surface area contributed by atoms with Crippen molar-refractivity contribution in [1.29, 1.82) is 0 Å². The molecule has 0 radical (unpaired) electrons. The second-order valence-electron chi connectivity index (χ2n) is 7.33. The summed E-state index contributed by atoms with van der Waals surface area (Å²) < 4.78 is 39.6. The van der Waals surface area contributed by atoms with E-state index in [0.29, 0.717) is 5.92 Å². The number of thiophene rings is 1. The molecule has 11 heteroatoms. The smallest absolute Gasteiger partial charge is 0.475 e. The number of aryl methyl sites for hydroxylation is 1. The Kier molecular flexibility index (Phi) is 6.91. The second kappa shape index (κ2) is 9.23. The number of alkyl halides is 3. The lowest BCUT2D eigenvalue weighted by molar-refractivity contribution is -0.192. The molecule has 1 atom stereocenters. The van der Waals surface area contributed by atoms with Gasteiger partial charge < -0.3 is 9.84 Å². The van der Waals surface area contributed by atoms with Crippen LogP contribution in [-0.4, -0.2) is 56.9 Å². The van der Waals surface area contributed by atoms with Crippen LogP contribution >= 0.6 is 11.3 Å². The van der Waals surface area contributed by atoms with Crippen molar-refractivity contribution in [1.82, 2.24) is 19.9 Å². The summed E-state index contributed by atoms with van der Waals surface area (Å²) >= 11 is 1.76. The van der Waals surface area contributed by atoms with E-state index in [1.54, 1.807) is 11.3 Å². The number of hydrogen-bond donors (Lipinski definition) is 1. The highest BCUT2D eigenvalue weighted by Crippen LogP contribution is 2.31. The molecule has 4 rings (SSSR count). The fraction of sp³-hybridized carbons (Fsp3) is 0.611. The van der Waals surface area contributed by atoms with E-state index in [1.807, 2.05) is 11.7 Å². The highest BCUT2D eigenvalue weighted by molar-refractivity contribution is 7.07. The van der Waals surface area contributed by atoms with Crippen LogP contribution in [0.3, 0.4) is 0 Å². The number of carboxylic acids is 1. The molecule has 2 aliphatic rings. The highest BCUT2D eigenvalue weighted by atomic mass is 32.1. The Labute approximate surface area is 170 Å². The third kappa shape index (κ3) is 6.25. The van der Waals surface area contributed by atoms with E-state index in [-0.39, 0.29) is 0 Å². The molecule has 0 saturated heterocycles. The van der Waals surface area contributed by atoms with E-state index in [9.17, 15) is 13.2 Å². The van der Waals surface area contributed by atoms with Crippen LogP contribution in [0.4, 0.5) is 13.2 Å². The first-order valence-corrected chi connectivity index (χ1v) is 10.2. The van der Waals surface area contributed by atoms with Gasteiger partial charge in [-0.2, -0.15) is 24.5 Å². The maximum atomic E-state index is 10.6. The van der Waals surface area contributed by atoms with Gasteiger partial charge >= 0.3 is 12.1 Å². The van der Waals surface area contributed by atoms with Crippen LogP contribution in [0.2, 0.25) is 0 Å². The van der Waals surface area contributed by atoms with Gasteiger partial charge in [0, 0.05) is 39.2 Å². The molecule has 0 spiro atoms. The molecule has 7 nitrogen and oxygen atoms in total. The number of halogens is 3. The van der Waals surface area contributed by atoms with Crippen LogP contribution in [0.25, 0.3) is 0 Å². The van der Waals surface area contributed by atoms with E-state index in [0.717, 1.165) is 44.5 Å². The van der Waals surface area contributed by atoms with E-state index >= 15 is 0 Å². The van der Waals surface area contributed by atoms with Crippen molar-refractivity contribution < 1.29 is 27.8 Å². The van der Waals surface area contributed by atoms with Crippen molar-refractivity contribution >= 4 is 17.3 Å². The molecule has 3 heterocycles. The first-order valence-electron chi connectivity index (χ1n) is 9.23. The zero-order valence-electron chi connectivity index (χ0n) is 15.9. The van der Waals surface area contributed by atoms with Gasteiger partial charge in [-0.1, -0.05) is 5.21 Å². The first-order chi connectivity index (χ1) is 13.7. The fourth-order valence-electron chi connectivity index (χ4n) is 3.25. The summed E-state index contributed by atoms with van der Waals surface area (Å²) in [6, 6.07) is 2.20. The zero-order valence-corrected chi connectivity index (χ0v) is 16.7. The third-order valence-corrected chi connectivity index (χ3v) is 5.51. The van der Waals surface area contributed by atoms with Gasteiger partial charge in [0.05, 0.1) is 12.3 Å². The molecular weight excluding hydrogens is 409 g/mol. The van der Waals surface area contributed by atoms with Crippen molar-refractivity contribution in [2.24, 2.45) is 13.0 Å². The Balaban J connectivity index is 0.000000298. The molecule has 1 fully saturated rings. The van der Waals surface area contributed by atoms with Crippen molar-refractivity contribution in [2.75, 3.05) is 19.8 Å². The van der Waals surface area contributed by atoms with Gasteiger partial charge in [0.25, 0.3) is 0 Å². The van der Waals surface area contributed by atoms with Crippen molar-refractivity contribution in [3.05, 3.63) is 33.8 Å². The summed E-state index contributed by atoms with van der Waals surface area (Å²) in [6.07, 6.45) is -2.40. The number of hydrogen-bond acceptors (Lipinski definition) is 6. The van der Waals surface area contributed by atoms with E-state index in [1.165, 1.54) is 24.1 Å². The molecule has 0 bridgehead atoms. The number of ether oxygens (including phenoxy) is 1. The molecule has 29 heavy (non-hydrogen) atoms. The highest BCUT2D eigenvalue weighted by Gasteiger charge is 2.38. The Morgan fingerprint density at radius 2 is 2.10 bits per heavy atom. The summed E-state index contributed by atoms with van der Waals surface area (Å²) in [5.74, 6) is -1.57. The van der Waals surface area contributed by atoms with Crippen molar-refractivity contribution in [3.8, 4) is 0 Å². The number of aliphatic carboxylic acids is 1. The monoisotopic (exact) mass is 432 g/mol. The summed E-state index contributed by atoms with van der Waals surface area (Å²) in [5.41, 5.74) is 3.76. The topological polar surface area (TPSA) is 80.5 Å². The second-order valence-corrected chi connectivity index (χ2v) is 8.11. The summed E-state index contributed by atoms with van der Waals surface area (Å²) in [4.78, 5) is 11.4. The summed E-state index contributed by atoms with van der Waals surface area (Å²) in [7, 11) is 1.99. The minimum absolute atomic E-state index is 0.376. The van der Waals surface area contributed by atoms with Crippen LogP contribution in [0, 0.1) is 5.92 Å². The van der Waals surface area contributed by atoms with Crippen LogP contribution in [0.1, 0.15) is 35.7 Å². The molecule has 1 saturated carbocycles. The first kappa shape index (κ1) is 21.7.